The Kier molecular flexibility index (Phi) is 5.06. The van der Waals surface area contributed by atoms with Gasteiger partial charge in [-0.1, -0.05) is 24.3 Å². The molecule has 1 heterocycles. The zero-order chi connectivity index (χ0) is 20.4. The van der Waals surface area contributed by atoms with Gasteiger partial charge >= 0.3 is 0 Å². The first kappa shape index (κ1) is 18.8. The Morgan fingerprint density at radius 3 is 2.31 bits per heavy atom. The lowest BCUT2D eigenvalue weighted by Gasteiger charge is -2.08. The van der Waals surface area contributed by atoms with Gasteiger partial charge in [-0.3, -0.25) is 4.79 Å². The average Bonchev–Trinajstić information content (AvgIpc) is 3.07. The summed E-state index contributed by atoms with van der Waals surface area (Å²) < 4.78 is 6.89. The molecular formula is C24H18O4S. The first-order valence-corrected chi connectivity index (χ1v) is 9.86. The summed E-state index contributed by atoms with van der Waals surface area (Å²) in [6.45, 7) is 1.96. The number of benzene rings is 3. The summed E-state index contributed by atoms with van der Waals surface area (Å²) in [5.74, 6) is 1.10. The van der Waals surface area contributed by atoms with Crippen LogP contribution >= 0.6 is 11.3 Å². The molecule has 3 aromatic carbocycles. The van der Waals surface area contributed by atoms with Crippen LogP contribution in [-0.2, 0) is 0 Å². The van der Waals surface area contributed by atoms with Crippen molar-refractivity contribution >= 4 is 33.3 Å². The predicted octanol–water partition coefficient (Wildman–Crippen LogP) is 6.37. The monoisotopic (exact) mass is 402 g/mol. The predicted molar refractivity (Wildman–Crippen MR) is 116 cm³/mol. The van der Waals surface area contributed by atoms with Gasteiger partial charge in [0.25, 0.3) is 0 Å². The number of hydrogen-bond donors (Lipinski definition) is 2. The number of fused-ring (bicyclic) bond motifs is 1. The zero-order valence-corrected chi connectivity index (χ0v) is 16.4. The largest absolute Gasteiger partial charge is 0.508 e. The van der Waals surface area contributed by atoms with Crippen LogP contribution in [0.4, 0.5) is 0 Å². The van der Waals surface area contributed by atoms with E-state index < -0.39 is 0 Å². The molecular weight excluding hydrogens is 384 g/mol. The minimum Gasteiger partial charge on any atom is -0.508 e. The Bertz CT molecular complexity index is 1200. The maximum absolute atomic E-state index is 13.1. The maximum Gasteiger partial charge on any atom is 0.206 e. The van der Waals surface area contributed by atoms with Crippen molar-refractivity contribution in [2.45, 2.75) is 6.92 Å². The van der Waals surface area contributed by atoms with Gasteiger partial charge in [-0.15, -0.1) is 11.3 Å². The highest BCUT2D eigenvalue weighted by molar-refractivity contribution is 7.21. The molecule has 2 N–H and O–H groups in total. The Labute approximate surface area is 172 Å². The third kappa shape index (κ3) is 3.86. The zero-order valence-electron chi connectivity index (χ0n) is 15.6. The molecule has 0 atom stereocenters. The van der Waals surface area contributed by atoms with Crippen molar-refractivity contribution in [1.29, 1.82) is 0 Å². The Morgan fingerprint density at radius 1 is 0.931 bits per heavy atom. The second kappa shape index (κ2) is 7.81. The van der Waals surface area contributed by atoms with Crippen LogP contribution in [0.2, 0.25) is 0 Å². The van der Waals surface area contributed by atoms with Crippen LogP contribution in [0.3, 0.4) is 0 Å². The molecule has 0 amide bonds. The third-order valence-electron chi connectivity index (χ3n) is 4.42. The fourth-order valence-corrected chi connectivity index (χ4v) is 4.14. The van der Waals surface area contributed by atoms with E-state index in [1.54, 1.807) is 30.3 Å². The van der Waals surface area contributed by atoms with Crippen molar-refractivity contribution in [2.75, 3.05) is 0 Å². The van der Waals surface area contributed by atoms with Gasteiger partial charge in [0.2, 0.25) is 5.78 Å². The summed E-state index contributed by atoms with van der Waals surface area (Å²) >= 11 is 1.27. The molecule has 0 bridgehead atoms. The van der Waals surface area contributed by atoms with Crippen LogP contribution in [0.25, 0.3) is 16.2 Å². The van der Waals surface area contributed by atoms with Gasteiger partial charge in [-0.2, -0.15) is 0 Å². The fraction of sp³-hybridized carbons (Fsp3) is 0.0417. The van der Waals surface area contributed by atoms with Crippen molar-refractivity contribution in [3.8, 4) is 23.0 Å². The Hall–Kier alpha value is -3.57. The average molecular weight is 402 g/mol. The molecule has 4 rings (SSSR count). The Morgan fingerprint density at radius 2 is 1.62 bits per heavy atom. The number of ether oxygens (including phenoxy) is 1. The van der Waals surface area contributed by atoms with Crippen LogP contribution in [-0.4, -0.2) is 16.0 Å². The van der Waals surface area contributed by atoms with Gasteiger partial charge in [0.15, 0.2) is 5.75 Å². The first-order valence-electron chi connectivity index (χ1n) is 9.05. The van der Waals surface area contributed by atoms with E-state index in [-0.39, 0.29) is 17.3 Å². The lowest BCUT2D eigenvalue weighted by molar-refractivity contribution is 0.104. The van der Waals surface area contributed by atoms with E-state index in [2.05, 4.69) is 0 Å². The normalized spacial score (nSPS) is 11.2. The summed E-state index contributed by atoms with van der Waals surface area (Å²) in [7, 11) is 0. The van der Waals surface area contributed by atoms with Gasteiger partial charge < -0.3 is 14.9 Å². The minimum atomic E-state index is -0.203. The summed E-state index contributed by atoms with van der Waals surface area (Å²) in [4.78, 5) is 13.6. The van der Waals surface area contributed by atoms with Crippen LogP contribution in [0.15, 0.2) is 72.8 Å². The van der Waals surface area contributed by atoms with Gasteiger partial charge in [-0.25, -0.2) is 0 Å². The second-order valence-corrected chi connectivity index (χ2v) is 7.54. The van der Waals surface area contributed by atoms with E-state index in [1.165, 1.54) is 23.5 Å². The molecule has 0 spiro atoms. The van der Waals surface area contributed by atoms with Crippen molar-refractivity contribution in [3.05, 3.63) is 88.8 Å². The van der Waals surface area contributed by atoms with E-state index in [4.69, 9.17) is 4.74 Å². The molecule has 1 aromatic heterocycles. The smallest absolute Gasteiger partial charge is 0.206 e. The van der Waals surface area contributed by atoms with E-state index in [0.29, 0.717) is 21.9 Å². The summed E-state index contributed by atoms with van der Waals surface area (Å²) in [5.41, 5.74) is 1.51. The molecule has 29 heavy (non-hydrogen) atoms. The number of ketones is 1. The van der Waals surface area contributed by atoms with E-state index in [9.17, 15) is 15.0 Å². The topological polar surface area (TPSA) is 66.8 Å². The lowest BCUT2D eigenvalue weighted by atomic mass is 10.1. The highest BCUT2D eigenvalue weighted by Crippen LogP contribution is 2.42. The molecule has 0 aliphatic rings. The van der Waals surface area contributed by atoms with Crippen molar-refractivity contribution < 1.29 is 19.7 Å². The molecule has 144 valence electrons. The van der Waals surface area contributed by atoms with Crippen molar-refractivity contribution in [1.82, 2.24) is 0 Å². The number of allylic oxidation sites excluding steroid dienone is 1. The van der Waals surface area contributed by atoms with Gasteiger partial charge in [0.05, 0.1) is 0 Å². The molecule has 0 fully saturated rings. The maximum atomic E-state index is 13.1. The molecule has 0 aliphatic carbocycles. The highest BCUT2D eigenvalue weighted by Gasteiger charge is 2.22. The number of thiophene rings is 1. The van der Waals surface area contributed by atoms with Crippen molar-refractivity contribution in [3.63, 3.8) is 0 Å². The number of carbonyl (C=O) groups excluding carboxylic acids is 1. The fourth-order valence-electron chi connectivity index (χ4n) is 3.01. The summed E-state index contributed by atoms with van der Waals surface area (Å²) in [6.07, 6.45) is 3.95. The third-order valence-corrected chi connectivity index (χ3v) is 5.56. The molecule has 5 heteroatoms. The Balaban J connectivity index is 1.79. The van der Waals surface area contributed by atoms with Crippen LogP contribution in [0, 0.1) is 0 Å². The number of phenols is 2. The standard InChI is InChI=1S/C24H18O4S/c1-2-3-15-4-11-19(12-5-15)28-23-20-13-10-18(26)14-21(20)29-24(23)22(27)16-6-8-17(25)9-7-16/h2-14,25-26H,1H3/b3-2+. The minimum absolute atomic E-state index is 0.0977. The van der Waals surface area contributed by atoms with Crippen LogP contribution < -0.4 is 4.74 Å². The number of phenolic OH excluding ortho intramolecular Hbond substituents is 2. The summed E-state index contributed by atoms with van der Waals surface area (Å²) in [5, 5.41) is 20.1. The molecule has 0 unspecified atom stereocenters. The van der Waals surface area contributed by atoms with Gasteiger partial charge in [-0.05, 0) is 67.1 Å². The lowest BCUT2D eigenvalue weighted by Crippen LogP contribution is -2.00. The molecule has 0 aliphatic heterocycles. The number of hydrogen-bond acceptors (Lipinski definition) is 5. The highest BCUT2D eigenvalue weighted by atomic mass is 32.1. The first-order chi connectivity index (χ1) is 14.0. The SMILES string of the molecule is C/C=C/c1ccc(Oc2c(C(=O)c3ccc(O)cc3)sc3cc(O)ccc23)cc1. The molecule has 4 nitrogen and oxygen atoms in total. The van der Waals surface area contributed by atoms with Gasteiger partial charge in [0.1, 0.15) is 22.1 Å². The number of rotatable bonds is 5. The second-order valence-electron chi connectivity index (χ2n) is 6.49. The molecule has 4 aromatic rings. The van der Waals surface area contributed by atoms with E-state index in [1.807, 2.05) is 43.3 Å². The molecule has 0 saturated carbocycles. The van der Waals surface area contributed by atoms with Crippen LogP contribution in [0.1, 0.15) is 27.7 Å². The quantitative estimate of drug-likeness (QED) is 0.381. The number of carbonyl (C=O) groups is 1. The van der Waals surface area contributed by atoms with Crippen LogP contribution in [0.5, 0.6) is 23.0 Å². The van der Waals surface area contributed by atoms with Gasteiger partial charge in [0, 0.05) is 15.6 Å². The van der Waals surface area contributed by atoms with E-state index >= 15 is 0 Å². The van der Waals surface area contributed by atoms with E-state index in [0.717, 1.165) is 15.6 Å². The molecule has 0 saturated heterocycles. The van der Waals surface area contributed by atoms with Crippen molar-refractivity contribution in [2.24, 2.45) is 0 Å². The number of aromatic hydroxyl groups is 2. The summed E-state index contributed by atoms with van der Waals surface area (Å²) in [6, 6.07) is 18.7. The molecule has 0 radical (unpaired) electrons.